The molecule has 0 fully saturated rings. The highest BCUT2D eigenvalue weighted by Crippen LogP contribution is 2.30. The monoisotopic (exact) mass is 421 g/mol. The molecule has 0 unspecified atom stereocenters. The fraction of sp³-hybridized carbons (Fsp3) is 0.0833. The maximum Gasteiger partial charge on any atom is 0.416 e. The molecule has 4 rings (SSSR count). The van der Waals surface area contributed by atoms with Crippen LogP contribution >= 0.6 is 0 Å². The summed E-state index contributed by atoms with van der Waals surface area (Å²) in [4.78, 5) is 8.19. The highest BCUT2D eigenvalue weighted by Gasteiger charge is 2.30. The second kappa shape index (κ2) is 8.87. The molecule has 4 aromatic rings. The Kier molecular flexibility index (Phi) is 5.84. The quantitative estimate of drug-likeness (QED) is 0.383. The summed E-state index contributed by atoms with van der Waals surface area (Å²) in [5.74, 6) is 1.39. The predicted octanol–water partition coefficient (Wildman–Crippen LogP) is 6.57. The SMILES string of the molecule is FC(F)(F)c1cccc(CNc2cc(Oc3ccc(-c4ccccc4)cc3)ncn2)c1. The van der Waals surface area contributed by atoms with Crippen molar-refractivity contribution in [3.8, 4) is 22.8 Å². The van der Waals surface area contributed by atoms with Crippen molar-refractivity contribution < 1.29 is 17.9 Å². The van der Waals surface area contributed by atoms with E-state index < -0.39 is 11.7 Å². The van der Waals surface area contributed by atoms with Crippen molar-refractivity contribution in [1.29, 1.82) is 0 Å². The molecule has 0 atom stereocenters. The van der Waals surface area contributed by atoms with E-state index in [9.17, 15) is 13.2 Å². The van der Waals surface area contributed by atoms with Gasteiger partial charge in [-0.25, -0.2) is 9.97 Å². The van der Waals surface area contributed by atoms with Gasteiger partial charge in [-0.05, 0) is 41.0 Å². The molecule has 0 spiro atoms. The molecule has 7 heteroatoms. The van der Waals surface area contributed by atoms with Crippen LogP contribution in [0.5, 0.6) is 11.6 Å². The number of alkyl halides is 3. The number of anilines is 1. The van der Waals surface area contributed by atoms with E-state index in [4.69, 9.17) is 4.74 Å². The van der Waals surface area contributed by atoms with Crippen LogP contribution < -0.4 is 10.1 Å². The summed E-state index contributed by atoms with van der Waals surface area (Å²) in [6.07, 6.45) is -3.04. The van der Waals surface area contributed by atoms with E-state index in [-0.39, 0.29) is 6.54 Å². The highest BCUT2D eigenvalue weighted by atomic mass is 19.4. The topological polar surface area (TPSA) is 47.0 Å². The Labute approximate surface area is 177 Å². The predicted molar refractivity (Wildman–Crippen MR) is 113 cm³/mol. The summed E-state index contributed by atoms with van der Waals surface area (Å²) >= 11 is 0. The summed E-state index contributed by atoms with van der Waals surface area (Å²) in [5, 5.41) is 3.00. The molecule has 0 saturated carbocycles. The van der Waals surface area contributed by atoms with Crippen molar-refractivity contribution in [2.24, 2.45) is 0 Å². The molecule has 31 heavy (non-hydrogen) atoms. The van der Waals surface area contributed by atoms with Crippen LogP contribution in [0.4, 0.5) is 19.0 Å². The minimum absolute atomic E-state index is 0.187. The minimum Gasteiger partial charge on any atom is -0.439 e. The first-order valence-corrected chi connectivity index (χ1v) is 9.53. The summed E-state index contributed by atoms with van der Waals surface area (Å²) in [5.41, 5.74) is 1.99. The average molecular weight is 421 g/mol. The normalized spacial score (nSPS) is 11.2. The molecule has 0 radical (unpaired) electrons. The molecule has 1 heterocycles. The molecule has 3 aromatic carbocycles. The third-order valence-electron chi connectivity index (χ3n) is 4.55. The minimum atomic E-state index is -4.37. The third-order valence-corrected chi connectivity index (χ3v) is 4.55. The van der Waals surface area contributed by atoms with Crippen molar-refractivity contribution in [1.82, 2.24) is 9.97 Å². The van der Waals surface area contributed by atoms with Crippen LogP contribution in [-0.2, 0) is 12.7 Å². The summed E-state index contributed by atoms with van der Waals surface area (Å²) in [6.45, 7) is 0.187. The lowest BCUT2D eigenvalue weighted by Crippen LogP contribution is -2.07. The van der Waals surface area contributed by atoms with Gasteiger partial charge in [0.15, 0.2) is 0 Å². The van der Waals surface area contributed by atoms with Crippen LogP contribution in [-0.4, -0.2) is 9.97 Å². The molecule has 0 bridgehead atoms. The third kappa shape index (κ3) is 5.39. The van der Waals surface area contributed by atoms with E-state index in [0.717, 1.165) is 23.3 Å². The van der Waals surface area contributed by atoms with Gasteiger partial charge in [-0.15, -0.1) is 0 Å². The number of benzene rings is 3. The Morgan fingerprint density at radius 1 is 0.774 bits per heavy atom. The molecule has 4 nitrogen and oxygen atoms in total. The number of aromatic nitrogens is 2. The van der Waals surface area contributed by atoms with Crippen LogP contribution in [0.3, 0.4) is 0 Å². The zero-order valence-electron chi connectivity index (χ0n) is 16.3. The lowest BCUT2D eigenvalue weighted by Gasteiger charge is -2.11. The van der Waals surface area contributed by atoms with Crippen LogP contribution in [0.1, 0.15) is 11.1 Å². The Hall–Kier alpha value is -3.87. The van der Waals surface area contributed by atoms with Gasteiger partial charge in [0.05, 0.1) is 5.56 Å². The maximum atomic E-state index is 12.9. The van der Waals surface area contributed by atoms with E-state index >= 15 is 0 Å². The lowest BCUT2D eigenvalue weighted by molar-refractivity contribution is -0.137. The lowest BCUT2D eigenvalue weighted by atomic mass is 10.1. The van der Waals surface area contributed by atoms with Gasteiger partial charge in [0.2, 0.25) is 5.88 Å². The Bertz CT molecular complexity index is 1150. The number of ether oxygens (including phenoxy) is 1. The van der Waals surface area contributed by atoms with Crippen LogP contribution in [0.25, 0.3) is 11.1 Å². The summed E-state index contributed by atoms with van der Waals surface area (Å²) < 4.78 is 44.4. The summed E-state index contributed by atoms with van der Waals surface area (Å²) in [7, 11) is 0. The first kappa shape index (κ1) is 20.4. The first-order chi connectivity index (χ1) is 15.0. The second-order valence-electron chi connectivity index (χ2n) is 6.79. The highest BCUT2D eigenvalue weighted by molar-refractivity contribution is 5.64. The summed E-state index contributed by atoms with van der Waals surface area (Å²) in [6, 6.07) is 24.4. The van der Waals surface area contributed by atoms with Crippen LogP contribution in [0.15, 0.2) is 91.3 Å². The molecule has 0 amide bonds. The maximum absolute atomic E-state index is 12.9. The molecule has 0 aliphatic carbocycles. The van der Waals surface area contributed by atoms with Crippen LogP contribution in [0.2, 0.25) is 0 Å². The Balaban J connectivity index is 1.41. The zero-order valence-corrected chi connectivity index (χ0v) is 16.3. The second-order valence-corrected chi connectivity index (χ2v) is 6.79. The van der Waals surface area contributed by atoms with E-state index in [1.54, 1.807) is 12.1 Å². The number of nitrogens with zero attached hydrogens (tertiary/aromatic N) is 2. The van der Waals surface area contributed by atoms with Crippen LogP contribution in [0, 0.1) is 0 Å². The smallest absolute Gasteiger partial charge is 0.416 e. The van der Waals surface area contributed by atoms with E-state index in [2.05, 4.69) is 15.3 Å². The van der Waals surface area contributed by atoms with Crippen molar-refractivity contribution in [2.45, 2.75) is 12.7 Å². The van der Waals surface area contributed by atoms with E-state index in [1.807, 2.05) is 54.6 Å². The molecule has 0 saturated heterocycles. The number of halogens is 3. The van der Waals surface area contributed by atoms with Crippen molar-refractivity contribution >= 4 is 5.82 Å². The molecule has 1 N–H and O–H groups in total. The standard InChI is InChI=1S/C24H18F3N3O/c25-24(26,27)20-8-4-5-17(13-20)15-28-22-14-23(30-16-29-22)31-21-11-9-19(10-12-21)18-6-2-1-3-7-18/h1-14,16H,15H2,(H,28,29,30). The Morgan fingerprint density at radius 2 is 1.52 bits per heavy atom. The number of hydrogen-bond donors (Lipinski definition) is 1. The van der Waals surface area contributed by atoms with Gasteiger partial charge in [-0.3, -0.25) is 0 Å². The largest absolute Gasteiger partial charge is 0.439 e. The van der Waals surface area contributed by atoms with Gasteiger partial charge < -0.3 is 10.1 Å². The van der Waals surface area contributed by atoms with Crippen molar-refractivity contribution in [3.05, 3.63) is 102 Å². The molecular formula is C24H18F3N3O. The molecule has 1 aromatic heterocycles. The molecule has 0 aliphatic rings. The average Bonchev–Trinajstić information content (AvgIpc) is 2.79. The Morgan fingerprint density at radius 3 is 2.26 bits per heavy atom. The molecule has 156 valence electrons. The number of hydrogen-bond acceptors (Lipinski definition) is 4. The van der Waals surface area contributed by atoms with E-state index in [0.29, 0.717) is 23.0 Å². The first-order valence-electron chi connectivity index (χ1n) is 9.53. The van der Waals surface area contributed by atoms with Gasteiger partial charge in [0.1, 0.15) is 17.9 Å². The van der Waals surface area contributed by atoms with Gasteiger partial charge >= 0.3 is 6.18 Å². The fourth-order valence-electron chi connectivity index (χ4n) is 3.01. The number of nitrogens with one attached hydrogen (secondary N) is 1. The van der Waals surface area contributed by atoms with Gasteiger partial charge in [0.25, 0.3) is 0 Å². The fourth-order valence-corrected chi connectivity index (χ4v) is 3.01. The van der Waals surface area contributed by atoms with Crippen molar-refractivity contribution in [3.63, 3.8) is 0 Å². The number of rotatable bonds is 6. The zero-order chi connectivity index (χ0) is 21.7. The van der Waals surface area contributed by atoms with Gasteiger partial charge in [-0.1, -0.05) is 54.6 Å². The van der Waals surface area contributed by atoms with Crippen molar-refractivity contribution in [2.75, 3.05) is 5.32 Å². The van der Waals surface area contributed by atoms with E-state index in [1.165, 1.54) is 12.4 Å². The molecule has 0 aliphatic heterocycles. The van der Waals surface area contributed by atoms with Gasteiger partial charge in [-0.2, -0.15) is 13.2 Å². The van der Waals surface area contributed by atoms with Gasteiger partial charge in [0, 0.05) is 12.6 Å². The molecular weight excluding hydrogens is 403 g/mol.